The molecule has 0 spiro atoms. The van der Waals surface area contributed by atoms with Crippen molar-refractivity contribution in [1.82, 2.24) is 0 Å². The van der Waals surface area contributed by atoms with E-state index in [9.17, 15) is 0 Å². The van der Waals surface area contributed by atoms with Gasteiger partial charge >= 0.3 is 7.12 Å². The number of hydrogen-bond donors (Lipinski definition) is 0. The highest BCUT2D eigenvalue weighted by Gasteiger charge is 2.51. The predicted molar refractivity (Wildman–Crippen MR) is 97.1 cm³/mol. The van der Waals surface area contributed by atoms with E-state index >= 15 is 0 Å². The van der Waals surface area contributed by atoms with Crippen LogP contribution < -0.4 is 5.46 Å². The first-order valence-corrected chi connectivity index (χ1v) is 8.23. The zero-order valence-electron chi connectivity index (χ0n) is 14.9. The van der Waals surface area contributed by atoms with E-state index in [1.807, 2.05) is 0 Å². The molecule has 1 saturated heterocycles. The second-order valence-electron chi connectivity index (χ2n) is 7.48. The standard InChI is InChI=1S/C20H25BO2/c1-14-9-7-10-15(2)18(14)16-11-8-12-17(13-16)21-22-19(3,4)20(5,6)23-21/h7-13H,1-6H3. The Balaban J connectivity index is 1.99. The fourth-order valence-electron chi connectivity index (χ4n) is 3.09. The van der Waals surface area contributed by atoms with Gasteiger partial charge in [0, 0.05) is 0 Å². The van der Waals surface area contributed by atoms with Crippen LogP contribution in [0, 0.1) is 13.8 Å². The van der Waals surface area contributed by atoms with Crippen LogP contribution in [0.2, 0.25) is 0 Å². The minimum atomic E-state index is -0.315. The van der Waals surface area contributed by atoms with Crippen molar-refractivity contribution < 1.29 is 9.31 Å². The van der Waals surface area contributed by atoms with Crippen LogP contribution in [0.5, 0.6) is 0 Å². The number of aryl methyl sites for hydroxylation is 2. The molecule has 3 rings (SSSR count). The van der Waals surface area contributed by atoms with Gasteiger partial charge in [0.25, 0.3) is 0 Å². The summed E-state index contributed by atoms with van der Waals surface area (Å²) in [6.45, 7) is 12.7. The molecule has 0 unspecified atom stereocenters. The summed E-state index contributed by atoms with van der Waals surface area (Å²) in [5.74, 6) is 0. The van der Waals surface area contributed by atoms with Gasteiger partial charge in [0.05, 0.1) is 11.2 Å². The average Bonchev–Trinajstić information content (AvgIpc) is 2.68. The van der Waals surface area contributed by atoms with Crippen molar-refractivity contribution in [3.63, 3.8) is 0 Å². The van der Waals surface area contributed by atoms with E-state index in [0.29, 0.717) is 0 Å². The van der Waals surface area contributed by atoms with E-state index < -0.39 is 0 Å². The van der Waals surface area contributed by atoms with Crippen LogP contribution in [-0.4, -0.2) is 18.3 Å². The lowest BCUT2D eigenvalue weighted by Gasteiger charge is -2.32. The number of rotatable bonds is 2. The van der Waals surface area contributed by atoms with Crippen LogP contribution in [0.3, 0.4) is 0 Å². The number of hydrogen-bond acceptors (Lipinski definition) is 2. The summed E-state index contributed by atoms with van der Waals surface area (Å²) < 4.78 is 12.4. The smallest absolute Gasteiger partial charge is 0.399 e. The van der Waals surface area contributed by atoms with E-state index in [0.717, 1.165) is 5.46 Å². The Bertz CT molecular complexity index is 698. The van der Waals surface area contributed by atoms with Gasteiger partial charge in [0.2, 0.25) is 0 Å². The lowest BCUT2D eigenvalue weighted by Crippen LogP contribution is -2.41. The summed E-state index contributed by atoms with van der Waals surface area (Å²) in [7, 11) is -0.315. The van der Waals surface area contributed by atoms with Crippen LogP contribution in [0.15, 0.2) is 42.5 Å². The van der Waals surface area contributed by atoms with Crippen molar-refractivity contribution >= 4 is 12.6 Å². The molecule has 0 amide bonds. The lowest BCUT2D eigenvalue weighted by atomic mass is 9.77. The molecular formula is C20H25BO2. The fourth-order valence-corrected chi connectivity index (χ4v) is 3.09. The molecule has 0 N–H and O–H groups in total. The Morgan fingerprint density at radius 3 is 1.87 bits per heavy atom. The Morgan fingerprint density at radius 1 is 0.783 bits per heavy atom. The summed E-state index contributed by atoms with van der Waals surface area (Å²) in [4.78, 5) is 0. The van der Waals surface area contributed by atoms with Crippen LogP contribution in [0.1, 0.15) is 38.8 Å². The van der Waals surface area contributed by atoms with E-state index in [2.05, 4.69) is 84.0 Å². The molecule has 2 aromatic rings. The third-order valence-electron chi connectivity index (χ3n) is 5.18. The molecule has 23 heavy (non-hydrogen) atoms. The summed E-state index contributed by atoms with van der Waals surface area (Å²) in [6.07, 6.45) is 0. The number of benzene rings is 2. The second kappa shape index (κ2) is 5.50. The molecule has 0 aliphatic carbocycles. The maximum atomic E-state index is 6.18. The van der Waals surface area contributed by atoms with Gasteiger partial charge in [-0.1, -0.05) is 42.5 Å². The molecular weight excluding hydrogens is 283 g/mol. The topological polar surface area (TPSA) is 18.5 Å². The van der Waals surface area contributed by atoms with Crippen molar-refractivity contribution in [2.24, 2.45) is 0 Å². The Labute approximate surface area is 140 Å². The van der Waals surface area contributed by atoms with Gasteiger partial charge in [0.1, 0.15) is 0 Å². The van der Waals surface area contributed by atoms with Crippen molar-refractivity contribution in [3.05, 3.63) is 53.6 Å². The van der Waals surface area contributed by atoms with Crippen LogP contribution in [0.4, 0.5) is 0 Å². The average molecular weight is 308 g/mol. The minimum absolute atomic E-state index is 0.313. The molecule has 1 aliphatic rings. The summed E-state index contributed by atoms with van der Waals surface area (Å²) >= 11 is 0. The van der Waals surface area contributed by atoms with E-state index in [4.69, 9.17) is 9.31 Å². The molecule has 1 fully saturated rings. The molecule has 1 aliphatic heterocycles. The summed E-state index contributed by atoms with van der Waals surface area (Å²) in [5.41, 5.74) is 5.54. The first kappa shape index (κ1) is 16.3. The predicted octanol–water partition coefficient (Wildman–Crippen LogP) is 4.27. The Hall–Kier alpha value is -1.58. The van der Waals surface area contributed by atoms with E-state index in [1.54, 1.807) is 0 Å². The van der Waals surface area contributed by atoms with Crippen molar-refractivity contribution in [2.45, 2.75) is 52.7 Å². The quantitative estimate of drug-likeness (QED) is 0.771. The Kier molecular flexibility index (Phi) is 3.90. The van der Waals surface area contributed by atoms with Crippen LogP contribution >= 0.6 is 0 Å². The molecule has 0 bridgehead atoms. The highest BCUT2D eigenvalue weighted by molar-refractivity contribution is 6.62. The fraction of sp³-hybridized carbons (Fsp3) is 0.400. The maximum absolute atomic E-state index is 6.18. The molecule has 1 heterocycles. The Morgan fingerprint density at radius 2 is 1.30 bits per heavy atom. The third kappa shape index (κ3) is 2.84. The first-order chi connectivity index (χ1) is 10.7. The van der Waals surface area contributed by atoms with Gasteiger partial charge in [-0.3, -0.25) is 0 Å². The van der Waals surface area contributed by atoms with Crippen molar-refractivity contribution in [3.8, 4) is 11.1 Å². The van der Waals surface area contributed by atoms with Gasteiger partial charge in [-0.2, -0.15) is 0 Å². The lowest BCUT2D eigenvalue weighted by molar-refractivity contribution is 0.00578. The largest absolute Gasteiger partial charge is 0.494 e. The minimum Gasteiger partial charge on any atom is -0.399 e. The van der Waals surface area contributed by atoms with E-state index in [1.165, 1.54) is 22.3 Å². The molecule has 0 atom stereocenters. The van der Waals surface area contributed by atoms with Gasteiger partial charge in [-0.05, 0) is 69.3 Å². The SMILES string of the molecule is Cc1cccc(C)c1-c1cccc(B2OC(C)(C)C(C)(C)O2)c1. The molecule has 0 saturated carbocycles. The maximum Gasteiger partial charge on any atom is 0.494 e. The molecule has 3 heteroatoms. The van der Waals surface area contributed by atoms with Crippen LogP contribution in [-0.2, 0) is 9.31 Å². The molecule has 0 radical (unpaired) electrons. The van der Waals surface area contributed by atoms with Gasteiger partial charge in [0.15, 0.2) is 0 Å². The molecule has 2 nitrogen and oxygen atoms in total. The summed E-state index contributed by atoms with van der Waals surface area (Å²) in [6, 6.07) is 14.9. The monoisotopic (exact) mass is 308 g/mol. The third-order valence-corrected chi connectivity index (χ3v) is 5.18. The molecule has 2 aromatic carbocycles. The van der Waals surface area contributed by atoms with Crippen molar-refractivity contribution in [1.29, 1.82) is 0 Å². The van der Waals surface area contributed by atoms with E-state index in [-0.39, 0.29) is 18.3 Å². The highest BCUT2D eigenvalue weighted by Crippen LogP contribution is 2.36. The second-order valence-corrected chi connectivity index (χ2v) is 7.48. The zero-order valence-corrected chi connectivity index (χ0v) is 14.9. The normalized spacial score (nSPS) is 19.1. The van der Waals surface area contributed by atoms with Crippen LogP contribution in [0.25, 0.3) is 11.1 Å². The first-order valence-electron chi connectivity index (χ1n) is 8.23. The van der Waals surface area contributed by atoms with Gasteiger partial charge in [-0.25, -0.2) is 0 Å². The molecule has 0 aromatic heterocycles. The highest BCUT2D eigenvalue weighted by atomic mass is 16.7. The molecule has 120 valence electrons. The van der Waals surface area contributed by atoms with Gasteiger partial charge in [-0.15, -0.1) is 0 Å². The van der Waals surface area contributed by atoms with Crippen molar-refractivity contribution in [2.75, 3.05) is 0 Å². The zero-order chi connectivity index (χ0) is 16.8. The van der Waals surface area contributed by atoms with Gasteiger partial charge < -0.3 is 9.31 Å². The summed E-state index contributed by atoms with van der Waals surface area (Å²) in [5, 5.41) is 0.